The van der Waals surface area contributed by atoms with Gasteiger partial charge in [-0.2, -0.15) is 0 Å². The van der Waals surface area contributed by atoms with Gasteiger partial charge in [0.15, 0.2) is 0 Å². The van der Waals surface area contributed by atoms with Crippen molar-refractivity contribution in [2.45, 2.75) is 26.8 Å². The molecule has 2 amide bonds. The number of hydrogen-bond donors (Lipinski definition) is 2. The second-order valence-electron chi connectivity index (χ2n) is 6.56. The second-order valence-corrected chi connectivity index (χ2v) is 7.89. The molecular weight excluding hydrogens is 450 g/mol. The minimum atomic E-state index is -0.818. The number of amides is 2. The van der Waals surface area contributed by atoms with Crippen molar-refractivity contribution in [3.63, 3.8) is 0 Å². The average Bonchev–Trinajstić information content (AvgIpc) is 2.61. The fraction of sp³-hybridized carbons (Fsp3) is 0.263. The molecule has 0 spiro atoms. The van der Waals surface area contributed by atoms with Crippen LogP contribution in [-0.2, 0) is 4.79 Å². The largest absolute Gasteiger partial charge is 0.340 e. The van der Waals surface area contributed by atoms with E-state index >= 15 is 0 Å². The van der Waals surface area contributed by atoms with Crippen molar-refractivity contribution in [3.05, 3.63) is 67.1 Å². The Morgan fingerprint density at radius 3 is 2.39 bits per heavy atom. The van der Waals surface area contributed by atoms with Crippen molar-refractivity contribution >= 4 is 50.7 Å². The summed E-state index contributed by atoms with van der Waals surface area (Å²) in [6.45, 7) is 5.47. The van der Waals surface area contributed by atoms with Crippen LogP contribution in [0.3, 0.4) is 0 Å². The maximum Gasteiger partial charge on any atom is 0.270 e. The number of nitrogens with zero attached hydrogens (tertiary/aromatic N) is 1. The van der Waals surface area contributed by atoms with E-state index in [2.05, 4.69) is 26.6 Å². The van der Waals surface area contributed by atoms with Gasteiger partial charge < -0.3 is 10.6 Å². The molecule has 0 saturated carbocycles. The highest BCUT2D eigenvalue weighted by Crippen LogP contribution is 2.23. The van der Waals surface area contributed by atoms with Crippen molar-refractivity contribution in [2.24, 2.45) is 5.92 Å². The van der Waals surface area contributed by atoms with Crippen LogP contribution in [0, 0.1) is 23.0 Å². The summed E-state index contributed by atoms with van der Waals surface area (Å²) in [4.78, 5) is 35.5. The minimum Gasteiger partial charge on any atom is -0.340 e. The molecular formula is C19H19BrClN3O4. The van der Waals surface area contributed by atoms with Crippen molar-refractivity contribution in [3.8, 4) is 0 Å². The summed E-state index contributed by atoms with van der Waals surface area (Å²) < 4.78 is 0.893. The third kappa shape index (κ3) is 5.30. The number of carbonyl (C=O) groups is 2. The summed E-state index contributed by atoms with van der Waals surface area (Å²) in [6, 6.07) is 8.19. The first-order valence-corrected chi connectivity index (χ1v) is 9.59. The molecule has 0 aliphatic heterocycles. The predicted octanol–water partition coefficient (Wildman–Crippen LogP) is 4.71. The summed E-state index contributed by atoms with van der Waals surface area (Å²) in [7, 11) is 0. The van der Waals surface area contributed by atoms with Crippen molar-refractivity contribution in [1.29, 1.82) is 0 Å². The third-order valence-corrected chi connectivity index (χ3v) is 4.90. The smallest absolute Gasteiger partial charge is 0.270 e. The summed E-state index contributed by atoms with van der Waals surface area (Å²) in [5.74, 6) is -1.15. The standard InChI is InChI=1S/C19H19BrClN3O4/c1-10(2)17(19(26)22-16-7-4-12(20)8-11(16)3)23-18(25)14-6-5-13(24(27)28)9-15(14)21/h4-10,17H,1-3H3,(H,22,26)(H,23,25). The molecule has 2 N–H and O–H groups in total. The van der Waals surface area contributed by atoms with Gasteiger partial charge in [0.2, 0.25) is 5.91 Å². The lowest BCUT2D eigenvalue weighted by Gasteiger charge is -2.22. The van der Waals surface area contributed by atoms with Crippen LogP contribution in [-0.4, -0.2) is 22.8 Å². The van der Waals surface area contributed by atoms with E-state index in [4.69, 9.17) is 11.6 Å². The molecule has 1 atom stereocenters. The molecule has 0 bridgehead atoms. The lowest BCUT2D eigenvalue weighted by atomic mass is 10.0. The quantitative estimate of drug-likeness (QED) is 0.473. The minimum absolute atomic E-state index is 0.0571. The highest BCUT2D eigenvalue weighted by Gasteiger charge is 2.26. The zero-order chi connectivity index (χ0) is 21.0. The molecule has 2 rings (SSSR count). The van der Waals surface area contributed by atoms with Crippen LogP contribution in [0.25, 0.3) is 0 Å². The molecule has 2 aromatic carbocycles. The van der Waals surface area contributed by atoms with Gasteiger partial charge in [0.05, 0.1) is 15.5 Å². The molecule has 0 fully saturated rings. The Morgan fingerprint density at radius 2 is 1.86 bits per heavy atom. The number of nitro benzene ring substituents is 1. The number of anilines is 1. The lowest BCUT2D eigenvalue weighted by Crippen LogP contribution is -2.47. The molecule has 2 aromatic rings. The van der Waals surface area contributed by atoms with E-state index in [1.54, 1.807) is 19.9 Å². The number of nitro groups is 1. The van der Waals surface area contributed by atoms with Crippen molar-refractivity contribution < 1.29 is 14.5 Å². The first-order chi connectivity index (χ1) is 13.1. The van der Waals surface area contributed by atoms with Gasteiger partial charge in [-0.3, -0.25) is 19.7 Å². The lowest BCUT2D eigenvalue weighted by molar-refractivity contribution is -0.384. The topological polar surface area (TPSA) is 101 Å². The van der Waals surface area contributed by atoms with E-state index in [0.717, 1.165) is 16.1 Å². The maximum absolute atomic E-state index is 12.7. The molecule has 28 heavy (non-hydrogen) atoms. The molecule has 0 saturated heterocycles. The van der Waals surface area contributed by atoms with Gasteiger partial charge in [0, 0.05) is 22.3 Å². The van der Waals surface area contributed by atoms with E-state index in [1.165, 1.54) is 12.1 Å². The molecule has 0 aromatic heterocycles. The Morgan fingerprint density at radius 1 is 1.18 bits per heavy atom. The van der Waals surface area contributed by atoms with Gasteiger partial charge in [-0.25, -0.2) is 0 Å². The van der Waals surface area contributed by atoms with Crippen molar-refractivity contribution in [2.75, 3.05) is 5.32 Å². The zero-order valence-corrected chi connectivity index (χ0v) is 17.8. The zero-order valence-electron chi connectivity index (χ0n) is 15.5. The van der Waals surface area contributed by atoms with Crippen LogP contribution in [0.5, 0.6) is 0 Å². The van der Waals surface area contributed by atoms with Gasteiger partial charge in [0.1, 0.15) is 6.04 Å². The Bertz CT molecular complexity index is 933. The number of aryl methyl sites for hydroxylation is 1. The maximum atomic E-state index is 12.7. The van der Waals surface area contributed by atoms with Crippen LogP contribution in [0.15, 0.2) is 40.9 Å². The number of hydrogen-bond acceptors (Lipinski definition) is 4. The van der Waals surface area contributed by atoms with Gasteiger partial charge in [-0.05, 0) is 42.7 Å². The first kappa shape index (κ1) is 21.8. The van der Waals surface area contributed by atoms with Crippen LogP contribution in [0.2, 0.25) is 5.02 Å². The predicted molar refractivity (Wildman–Crippen MR) is 112 cm³/mol. The number of halogens is 2. The van der Waals surface area contributed by atoms with Crippen LogP contribution >= 0.6 is 27.5 Å². The van der Waals surface area contributed by atoms with Crippen LogP contribution in [0.4, 0.5) is 11.4 Å². The molecule has 1 unspecified atom stereocenters. The Kier molecular flexibility index (Phi) is 7.15. The molecule has 148 valence electrons. The molecule has 9 heteroatoms. The Balaban J connectivity index is 2.19. The molecule has 0 aliphatic rings. The van der Waals surface area contributed by atoms with Gasteiger partial charge in [-0.1, -0.05) is 41.4 Å². The third-order valence-electron chi connectivity index (χ3n) is 4.09. The monoisotopic (exact) mass is 467 g/mol. The normalized spacial score (nSPS) is 11.8. The van der Waals surface area contributed by atoms with Gasteiger partial charge in [0.25, 0.3) is 11.6 Å². The van der Waals surface area contributed by atoms with Gasteiger partial charge >= 0.3 is 0 Å². The van der Waals surface area contributed by atoms with Crippen molar-refractivity contribution in [1.82, 2.24) is 5.32 Å². The number of rotatable bonds is 6. The fourth-order valence-corrected chi connectivity index (χ4v) is 3.27. The second kappa shape index (κ2) is 9.16. The van der Waals surface area contributed by atoms with E-state index in [-0.39, 0.29) is 28.1 Å². The summed E-state index contributed by atoms with van der Waals surface area (Å²) in [5.41, 5.74) is 1.35. The number of carbonyl (C=O) groups excluding carboxylic acids is 2. The molecule has 7 nitrogen and oxygen atoms in total. The van der Waals surface area contributed by atoms with E-state index in [1.807, 2.05) is 19.1 Å². The average molecular weight is 469 g/mol. The van der Waals surface area contributed by atoms with E-state index in [0.29, 0.717) is 5.69 Å². The van der Waals surface area contributed by atoms with Gasteiger partial charge in [-0.15, -0.1) is 0 Å². The summed E-state index contributed by atoms with van der Waals surface area (Å²) >= 11 is 9.38. The summed E-state index contributed by atoms with van der Waals surface area (Å²) in [6.07, 6.45) is 0. The highest BCUT2D eigenvalue weighted by atomic mass is 79.9. The number of non-ortho nitro benzene ring substituents is 1. The number of benzene rings is 2. The Labute approximate surface area is 175 Å². The molecule has 0 aliphatic carbocycles. The molecule has 0 radical (unpaired) electrons. The number of nitrogens with one attached hydrogen (secondary N) is 2. The SMILES string of the molecule is Cc1cc(Br)ccc1NC(=O)C(NC(=O)c1ccc([N+](=O)[O-])cc1Cl)C(C)C. The summed E-state index contributed by atoms with van der Waals surface area (Å²) in [5, 5.41) is 16.2. The highest BCUT2D eigenvalue weighted by molar-refractivity contribution is 9.10. The van der Waals surface area contributed by atoms with E-state index in [9.17, 15) is 19.7 Å². The van der Waals surface area contributed by atoms with Crippen LogP contribution < -0.4 is 10.6 Å². The Hall–Kier alpha value is -2.45. The molecule has 0 heterocycles. The van der Waals surface area contributed by atoms with Crippen LogP contribution in [0.1, 0.15) is 29.8 Å². The first-order valence-electron chi connectivity index (χ1n) is 8.42. The van der Waals surface area contributed by atoms with E-state index < -0.39 is 16.9 Å². The fourth-order valence-electron chi connectivity index (χ4n) is 2.53.